The van der Waals surface area contributed by atoms with Gasteiger partial charge in [-0.05, 0) is 20.3 Å². The fourth-order valence-electron chi connectivity index (χ4n) is 1.99. The predicted molar refractivity (Wildman–Crippen MR) is 42.4 cm³/mol. The highest BCUT2D eigenvalue weighted by molar-refractivity contribution is 5.00. The van der Waals surface area contributed by atoms with Gasteiger partial charge in [-0.2, -0.15) is 0 Å². The van der Waals surface area contributed by atoms with Crippen LogP contribution >= 0.6 is 0 Å². The summed E-state index contributed by atoms with van der Waals surface area (Å²) >= 11 is 0. The highest BCUT2D eigenvalue weighted by Gasteiger charge is 2.52. The number of aliphatic hydroxyl groups is 1. The Morgan fingerprint density at radius 1 is 1.33 bits per heavy atom. The number of hydrogen-bond acceptors (Lipinski definition) is 4. The van der Waals surface area contributed by atoms with Crippen molar-refractivity contribution in [3.63, 3.8) is 0 Å². The maximum absolute atomic E-state index is 9.52. The van der Waals surface area contributed by atoms with E-state index in [9.17, 15) is 5.11 Å². The Kier molecular flexibility index (Phi) is 1.70. The van der Waals surface area contributed by atoms with Gasteiger partial charge in [0.25, 0.3) is 0 Å². The zero-order valence-corrected chi connectivity index (χ0v) is 7.36. The highest BCUT2D eigenvalue weighted by atomic mass is 16.8. The maximum atomic E-state index is 9.52. The summed E-state index contributed by atoms with van der Waals surface area (Å²) in [4.78, 5) is 0. The molecule has 0 radical (unpaired) electrons. The lowest BCUT2D eigenvalue weighted by atomic mass is 10.2. The smallest absolute Gasteiger partial charge is 0.163 e. The van der Waals surface area contributed by atoms with Crippen LogP contribution in [0.1, 0.15) is 20.3 Å². The number of nitrogens with two attached hydrogens (primary N) is 1. The number of fused-ring (bicyclic) bond motifs is 1. The van der Waals surface area contributed by atoms with E-state index in [2.05, 4.69) is 0 Å². The molecule has 1 saturated carbocycles. The first-order valence-corrected chi connectivity index (χ1v) is 4.29. The number of ether oxygens (including phenoxy) is 2. The molecule has 0 bridgehead atoms. The Morgan fingerprint density at radius 2 is 1.92 bits per heavy atom. The molecule has 0 aromatic carbocycles. The summed E-state index contributed by atoms with van der Waals surface area (Å²) in [6, 6.07) is -0.0909. The fraction of sp³-hybridized carbons (Fsp3) is 1.00. The van der Waals surface area contributed by atoms with Gasteiger partial charge in [-0.25, -0.2) is 0 Å². The van der Waals surface area contributed by atoms with Gasteiger partial charge in [0.05, 0.1) is 6.10 Å². The minimum atomic E-state index is -0.589. The molecule has 2 aliphatic rings. The van der Waals surface area contributed by atoms with Gasteiger partial charge in [-0.15, -0.1) is 0 Å². The van der Waals surface area contributed by atoms with Gasteiger partial charge in [0.1, 0.15) is 12.2 Å². The Hall–Kier alpha value is -0.160. The molecular formula is C8H15NO3. The molecule has 2 fully saturated rings. The molecule has 70 valence electrons. The van der Waals surface area contributed by atoms with Crippen LogP contribution in [0.5, 0.6) is 0 Å². The maximum Gasteiger partial charge on any atom is 0.163 e. The molecule has 4 nitrogen and oxygen atoms in total. The van der Waals surface area contributed by atoms with Gasteiger partial charge in [0, 0.05) is 6.04 Å². The molecule has 3 N–H and O–H groups in total. The molecule has 0 amide bonds. The lowest BCUT2D eigenvalue weighted by molar-refractivity contribution is -0.163. The van der Waals surface area contributed by atoms with E-state index in [1.54, 1.807) is 0 Å². The van der Waals surface area contributed by atoms with E-state index in [1.165, 1.54) is 0 Å². The zero-order chi connectivity index (χ0) is 8.93. The fourth-order valence-corrected chi connectivity index (χ4v) is 1.99. The average molecular weight is 173 g/mol. The quantitative estimate of drug-likeness (QED) is 0.523. The van der Waals surface area contributed by atoms with Crippen molar-refractivity contribution < 1.29 is 14.6 Å². The van der Waals surface area contributed by atoms with Crippen LogP contribution in [0.4, 0.5) is 0 Å². The lowest BCUT2D eigenvalue weighted by Crippen LogP contribution is -2.35. The van der Waals surface area contributed by atoms with Crippen LogP contribution in [0.15, 0.2) is 0 Å². The van der Waals surface area contributed by atoms with Crippen molar-refractivity contribution in [2.75, 3.05) is 0 Å². The topological polar surface area (TPSA) is 64.7 Å². The lowest BCUT2D eigenvalue weighted by Gasteiger charge is -2.20. The zero-order valence-electron chi connectivity index (χ0n) is 7.36. The standard InChI is InChI=1S/C8H15NO3/c1-8(2)11-6-4(9)3-5(10)7(6)12-8/h4-7,10H,3,9H2,1-2H3/t4-,5+,6+,7?/m1/s1. The predicted octanol–water partition coefficient (Wildman–Crippen LogP) is -0.402. The van der Waals surface area contributed by atoms with Crippen LogP contribution in [0, 0.1) is 0 Å². The monoisotopic (exact) mass is 173 g/mol. The van der Waals surface area contributed by atoms with Crippen molar-refractivity contribution in [1.82, 2.24) is 0 Å². The van der Waals surface area contributed by atoms with Gasteiger partial charge in [0.15, 0.2) is 5.79 Å². The molecule has 1 saturated heterocycles. The summed E-state index contributed by atoms with van der Waals surface area (Å²) in [6.07, 6.45) is -0.248. The van der Waals surface area contributed by atoms with Crippen molar-refractivity contribution in [1.29, 1.82) is 0 Å². The summed E-state index contributed by atoms with van der Waals surface area (Å²) in [5, 5.41) is 9.52. The summed E-state index contributed by atoms with van der Waals surface area (Å²) < 4.78 is 11.1. The third-order valence-electron chi connectivity index (χ3n) is 2.48. The third-order valence-corrected chi connectivity index (χ3v) is 2.48. The third kappa shape index (κ3) is 1.15. The summed E-state index contributed by atoms with van der Waals surface area (Å²) in [5.41, 5.74) is 5.77. The van der Waals surface area contributed by atoms with E-state index in [0.717, 1.165) is 0 Å². The normalized spacial score (nSPS) is 51.0. The summed E-state index contributed by atoms with van der Waals surface area (Å²) in [5.74, 6) is -0.589. The van der Waals surface area contributed by atoms with Crippen molar-refractivity contribution in [3.05, 3.63) is 0 Å². The molecule has 1 unspecified atom stereocenters. The van der Waals surface area contributed by atoms with Crippen molar-refractivity contribution in [3.8, 4) is 0 Å². The van der Waals surface area contributed by atoms with E-state index < -0.39 is 11.9 Å². The Bertz CT molecular complexity index is 177. The van der Waals surface area contributed by atoms with Gasteiger partial charge in [0.2, 0.25) is 0 Å². The Balaban J connectivity index is 2.15. The van der Waals surface area contributed by atoms with E-state index in [4.69, 9.17) is 15.2 Å². The minimum Gasteiger partial charge on any atom is -0.390 e. The number of hydrogen-bond donors (Lipinski definition) is 2. The summed E-state index contributed by atoms with van der Waals surface area (Å²) in [7, 11) is 0. The second kappa shape index (κ2) is 2.42. The van der Waals surface area contributed by atoms with Gasteiger partial charge >= 0.3 is 0 Å². The highest BCUT2D eigenvalue weighted by Crippen LogP contribution is 2.37. The second-order valence-corrected chi connectivity index (χ2v) is 4.03. The number of rotatable bonds is 0. The van der Waals surface area contributed by atoms with Crippen LogP contribution in [0.25, 0.3) is 0 Å². The Morgan fingerprint density at radius 3 is 2.50 bits per heavy atom. The van der Waals surface area contributed by atoms with Gasteiger partial charge in [-0.1, -0.05) is 0 Å². The first kappa shape index (κ1) is 8.44. The van der Waals surface area contributed by atoms with Gasteiger partial charge < -0.3 is 20.3 Å². The Labute approximate surface area is 71.6 Å². The van der Waals surface area contributed by atoms with Crippen LogP contribution < -0.4 is 5.73 Å². The molecule has 1 aliphatic carbocycles. The largest absolute Gasteiger partial charge is 0.390 e. The molecule has 1 heterocycles. The first-order chi connectivity index (χ1) is 5.49. The van der Waals surface area contributed by atoms with Crippen LogP contribution in [0.2, 0.25) is 0 Å². The SMILES string of the molecule is CC1(C)OC2[C@@H](O1)[C@H](N)C[C@@H]2O. The first-order valence-electron chi connectivity index (χ1n) is 4.29. The molecule has 4 atom stereocenters. The second-order valence-electron chi connectivity index (χ2n) is 4.03. The van der Waals surface area contributed by atoms with Crippen molar-refractivity contribution in [2.24, 2.45) is 5.73 Å². The molecule has 4 heteroatoms. The van der Waals surface area contributed by atoms with E-state index in [1.807, 2.05) is 13.8 Å². The summed E-state index contributed by atoms with van der Waals surface area (Å²) in [6.45, 7) is 3.68. The van der Waals surface area contributed by atoms with Crippen molar-refractivity contribution in [2.45, 2.75) is 50.4 Å². The van der Waals surface area contributed by atoms with Crippen molar-refractivity contribution >= 4 is 0 Å². The average Bonchev–Trinajstić information content (AvgIpc) is 2.34. The number of aliphatic hydroxyl groups excluding tert-OH is 1. The van der Waals surface area contributed by atoms with Crippen LogP contribution in [-0.4, -0.2) is 35.2 Å². The molecule has 0 aromatic heterocycles. The molecular weight excluding hydrogens is 158 g/mol. The molecule has 2 rings (SSSR count). The molecule has 0 aromatic rings. The molecule has 1 aliphatic heterocycles. The van der Waals surface area contributed by atoms with E-state index >= 15 is 0 Å². The van der Waals surface area contributed by atoms with E-state index in [0.29, 0.717) is 6.42 Å². The van der Waals surface area contributed by atoms with Gasteiger partial charge in [-0.3, -0.25) is 0 Å². The van der Waals surface area contributed by atoms with Crippen LogP contribution in [-0.2, 0) is 9.47 Å². The minimum absolute atomic E-state index is 0.0909. The van der Waals surface area contributed by atoms with Crippen LogP contribution in [0.3, 0.4) is 0 Å². The molecule has 12 heavy (non-hydrogen) atoms. The van der Waals surface area contributed by atoms with E-state index in [-0.39, 0.29) is 18.2 Å². The molecule has 0 spiro atoms.